The first-order valence-electron chi connectivity index (χ1n) is 11.6. The highest BCUT2D eigenvalue weighted by molar-refractivity contribution is 5.72. The number of rotatable bonds is 7. The Kier molecular flexibility index (Phi) is 8.28. The van der Waals surface area contributed by atoms with E-state index in [-0.39, 0.29) is 0 Å². The highest BCUT2D eigenvalue weighted by atomic mass is 16.7. The van der Waals surface area contributed by atoms with E-state index in [1.165, 1.54) is 14.2 Å². The van der Waals surface area contributed by atoms with Gasteiger partial charge in [-0.3, -0.25) is 0 Å². The molecule has 9 atom stereocenters. The molecule has 36 heavy (non-hydrogen) atoms. The standard InChI is InChI=1S/C26H32O10/c1-33-15-7-3-13(4-8-15)17-11-18(28)20(14-5-9-16(34-2)10-6-14)22(30)25(17)36-26-24(32)23(31)21(29)19(12-27)35-26/h3-11,18-32H,12H2,1-2H3/t18?,19-,20?,21-,22?,23+,24-,25?,26+/m1/s1. The Labute approximate surface area is 208 Å². The van der Waals surface area contributed by atoms with E-state index in [2.05, 4.69) is 0 Å². The quantitative estimate of drug-likeness (QED) is 0.298. The lowest BCUT2D eigenvalue weighted by atomic mass is 9.76. The zero-order valence-electron chi connectivity index (χ0n) is 19.9. The molecule has 2 aliphatic rings. The van der Waals surface area contributed by atoms with Crippen LogP contribution < -0.4 is 9.47 Å². The fourth-order valence-electron chi connectivity index (χ4n) is 4.70. The molecular weight excluding hydrogens is 472 g/mol. The Balaban J connectivity index is 1.71. The zero-order chi connectivity index (χ0) is 26.0. The number of hydrogen-bond donors (Lipinski definition) is 6. The topological polar surface area (TPSA) is 158 Å². The van der Waals surface area contributed by atoms with E-state index >= 15 is 0 Å². The van der Waals surface area contributed by atoms with Gasteiger partial charge in [-0.2, -0.15) is 0 Å². The second-order valence-corrected chi connectivity index (χ2v) is 8.88. The Morgan fingerprint density at radius 1 is 0.750 bits per heavy atom. The summed E-state index contributed by atoms with van der Waals surface area (Å²) < 4.78 is 22.0. The number of aliphatic hydroxyl groups excluding tert-OH is 6. The lowest BCUT2D eigenvalue weighted by molar-refractivity contribution is -0.312. The van der Waals surface area contributed by atoms with E-state index in [9.17, 15) is 30.6 Å². The van der Waals surface area contributed by atoms with E-state index in [1.807, 2.05) is 0 Å². The highest BCUT2D eigenvalue weighted by Crippen LogP contribution is 2.40. The zero-order valence-corrected chi connectivity index (χ0v) is 19.9. The van der Waals surface area contributed by atoms with Crippen LogP contribution in [-0.4, -0.2) is 100 Å². The van der Waals surface area contributed by atoms with Crippen LogP contribution in [0.3, 0.4) is 0 Å². The Morgan fingerprint density at radius 2 is 1.33 bits per heavy atom. The predicted molar refractivity (Wildman–Crippen MR) is 127 cm³/mol. The normalized spacial score (nSPS) is 34.7. The first-order chi connectivity index (χ1) is 17.3. The van der Waals surface area contributed by atoms with Gasteiger partial charge in [-0.15, -0.1) is 0 Å². The number of hydrogen-bond acceptors (Lipinski definition) is 10. The summed E-state index contributed by atoms with van der Waals surface area (Å²) in [6, 6.07) is 13.8. The minimum absolute atomic E-state index is 0.430. The summed E-state index contributed by atoms with van der Waals surface area (Å²) in [6.07, 6.45) is -9.43. The summed E-state index contributed by atoms with van der Waals surface area (Å²) in [5.74, 6) is 0.425. The molecule has 10 heteroatoms. The molecular formula is C26H32O10. The monoisotopic (exact) mass is 504 g/mol. The van der Waals surface area contributed by atoms with Crippen molar-refractivity contribution in [3.05, 3.63) is 65.7 Å². The van der Waals surface area contributed by atoms with Crippen molar-refractivity contribution in [3.8, 4) is 11.5 Å². The maximum Gasteiger partial charge on any atom is 0.187 e. The summed E-state index contributed by atoms with van der Waals surface area (Å²) in [6.45, 7) is -0.619. The molecule has 1 aliphatic carbocycles. The van der Waals surface area contributed by atoms with Gasteiger partial charge in [0, 0.05) is 5.92 Å². The molecule has 0 amide bonds. The van der Waals surface area contributed by atoms with Crippen molar-refractivity contribution < 1.29 is 49.6 Å². The van der Waals surface area contributed by atoms with Crippen LogP contribution in [0, 0.1) is 0 Å². The summed E-state index contributed by atoms with van der Waals surface area (Å²) in [5.41, 5.74) is 1.68. The van der Waals surface area contributed by atoms with Crippen molar-refractivity contribution in [3.63, 3.8) is 0 Å². The number of methoxy groups -OCH3 is 2. The van der Waals surface area contributed by atoms with Gasteiger partial charge in [0.05, 0.1) is 33.0 Å². The molecule has 1 fully saturated rings. The molecule has 0 radical (unpaired) electrons. The molecule has 1 aliphatic heterocycles. The van der Waals surface area contributed by atoms with Gasteiger partial charge in [0.15, 0.2) is 6.29 Å². The van der Waals surface area contributed by atoms with Gasteiger partial charge in [-0.1, -0.05) is 24.3 Å². The second kappa shape index (κ2) is 11.2. The number of ether oxygens (including phenoxy) is 4. The summed E-state index contributed by atoms with van der Waals surface area (Å²) >= 11 is 0. The maximum atomic E-state index is 11.5. The van der Waals surface area contributed by atoms with E-state index in [0.29, 0.717) is 28.2 Å². The maximum absolute atomic E-state index is 11.5. The molecule has 0 bridgehead atoms. The van der Waals surface area contributed by atoms with Crippen LogP contribution in [-0.2, 0) is 9.47 Å². The predicted octanol–water partition coefficient (Wildman–Crippen LogP) is -0.209. The fourth-order valence-corrected chi connectivity index (χ4v) is 4.70. The van der Waals surface area contributed by atoms with E-state index in [1.54, 1.807) is 54.6 Å². The third kappa shape index (κ3) is 5.13. The van der Waals surface area contributed by atoms with E-state index in [4.69, 9.17) is 18.9 Å². The van der Waals surface area contributed by atoms with Crippen LogP contribution >= 0.6 is 0 Å². The first kappa shape index (κ1) is 26.5. The first-order valence-corrected chi connectivity index (χ1v) is 11.6. The lowest BCUT2D eigenvalue weighted by Crippen LogP contribution is -2.60. The van der Waals surface area contributed by atoms with Gasteiger partial charge < -0.3 is 49.6 Å². The van der Waals surface area contributed by atoms with Crippen LogP contribution in [0.5, 0.6) is 11.5 Å². The Hall–Kier alpha value is -2.54. The third-order valence-electron chi connectivity index (χ3n) is 6.76. The van der Waals surface area contributed by atoms with Crippen molar-refractivity contribution in [1.29, 1.82) is 0 Å². The average molecular weight is 505 g/mol. The molecule has 4 unspecified atom stereocenters. The van der Waals surface area contributed by atoms with Crippen LogP contribution in [0.25, 0.3) is 5.57 Å². The van der Waals surface area contributed by atoms with Crippen LogP contribution in [0.1, 0.15) is 17.0 Å². The molecule has 6 N–H and O–H groups in total. The Morgan fingerprint density at radius 3 is 1.89 bits per heavy atom. The lowest BCUT2D eigenvalue weighted by Gasteiger charge is -2.44. The molecule has 1 heterocycles. The van der Waals surface area contributed by atoms with Gasteiger partial charge in [0.2, 0.25) is 0 Å². The largest absolute Gasteiger partial charge is 0.497 e. The van der Waals surface area contributed by atoms with Gasteiger partial charge in [0.25, 0.3) is 0 Å². The molecule has 4 rings (SSSR count). The molecule has 0 spiro atoms. The van der Waals surface area contributed by atoms with Gasteiger partial charge >= 0.3 is 0 Å². The molecule has 196 valence electrons. The highest BCUT2D eigenvalue weighted by Gasteiger charge is 2.48. The van der Waals surface area contributed by atoms with Gasteiger partial charge in [0.1, 0.15) is 42.0 Å². The number of aliphatic hydroxyl groups is 6. The fraction of sp³-hybridized carbons (Fsp3) is 0.462. The number of benzene rings is 2. The van der Waals surface area contributed by atoms with Gasteiger partial charge in [-0.05, 0) is 47.0 Å². The van der Waals surface area contributed by atoms with Crippen LogP contribution in [0.15, 0.2) is 54.6 Å². The smallest absolute Gasteiger partial charge is 0.187 e. The van der Waals surface area contributed by atoms with Crippen molar-refractivity contribution in [2.45, 2.75) is 54.9 Å². The summed E-state index contributed by atoms with van der Waals surface area (Å²) in [7, 11) is 3.07. The molecule has 1 saturated heterocycles. The van der Waals surface area contributed by atoms with Crippen molar-refractivity contribution in [2.24, 2.45) is 0 Å². The minimum atomic E-state index is -1.65. The second-order valence-electron chi connectivity index (χ2n) is 8.88. The third-order valence-corrected chi connectivity index (χ3v) is 6.76. The van der Waals surface area contributed by atoms with Crippen molar-refractivity contribution in [2.75, 3.05) is 20.8 Å². The van der Waals surface area contributed by atoms with E-state index in [0.717, 1.165) is 0 Å². The van der Waals surface area contributed by atoms with Gasteiger partial charge in [-0.25, -0.2) is 0 Å². The minimum Gasteiger partial charge on any atom is -0.497 e. The van der Waals surface area contributed by atoms with Crippen molar-refractivity contribution >= 4 is 5.57 Å². The van der Waals surface area contributed by atoms with Crippen LogP contribution in [0.2, 0.25) is 0 Å². The Bertz CT molecular complexity index is 1020. The molecule has 0 saturated carbocycles. The summed E-state index contributed by atoms with van der Waals surface area (Å²) in [4.78, 5) is 0. The van der Waals surface area contributed by atoms with Crippen molar-refractivity contribution in [1.82, 2.24) is 0 Å². The SMILES string of the molecule is COc1ccc(C2=CC(O)C(c3ccc(OC)cc3)C(O)C2O[C@@H]2O[C@H](CO)[C@@H](O)[C@H](O)[C@H]2O)cc1. The summed E-state index contributed by atoms with van der Waals surface area (Å²) in [5, 5.41) is 62.9. The average Bonchev–Trinajstić information content (AvgIpc) is 2.90. The molecule has 2 aromatic rings. The molecule has 10 nitrogen and oxygen atoms in total. The molecule has 2 aromatic carbocycles. The van der Waals surface area contributed by atoms with Crippen LogP contribution in [0.4, 0.5) is 0 Å². The van der Waals surface area contributed by atoms with E-state index < -0.39 is 61.5 Å². The molecule has 0 aromatic heterocycles.